The Balaban J connectivity index is 1.22. The molecule has 1 aromatic carbocycles. The fourth-order valence-electron chi connectivity index (χ4n) is 6.87. The second-order valence-electron chi connectivity index (χ2n) is 12.7. The minimum Gasteiger partial charge on any atom is -0.448 e. The fraction of sp³-hybridized carbons (Fsp3) is 0.606. The standard InChI is InChI=1S/C33H44FN3O6S/c1-21(2)44(40,41)37-30(38)16-12-23-11-13-25(34)18-24(23)19-26-28-14-15-29(43-28)31(26)33-36-27(20-42-33)32(39)35-17-7-6-10-22-8-4-3-5-9-22/h11-13,16,18,20-22,26,28-29,31H,3-10,14-15,17,19H2,1-2H3,(H,35,39)(H,37,38). The molecule has 3 heterocycles. The van der Waals surface area contributed by atoms with E-state index in [4.69, 9.17) is 9.15 Å². The lowest BCUT2D eigenvalue weighted by molar-refractivity contribution is -0.114. The summed E-state index contributed by atoms with van der Waals surface area (Å²) >= 11 is 0. The first kappa shape index (κ1) is 32.3. The predicted molar refractivity (Wildman–Crippen MR) is 165 cm³/mol. The molecule has 4 atom stereocenters. The van der Waals surface area contributed by atoms with Crippen molar-refractivity contribution in [1.82, 2.24) is 15.0 Å². The van der Waals surface area contributed by atoms with Crippen LogP contribution >= 0.6 is 0 Å². The minimum absolute atomic E-state index is 0.0714. The van der Waals surface area contributed by atoms with Crippen molar-refractivity contribution in [1.29, 1.82) is 0 Å². The van der Waals surface area contributed by atoms with E-state index in [1.165, 1.54) is 76.8 Å². The van der Waals surface area contributed by atoms with Crippen molar-refractivity contribution in [3.05, 3.63) is 59.1 Å². The van der Waals surface area contributed by atoms with E-state index in [-0.39, 0.29) is 35.6 Å². The number of benzene rings is 1. The largest absolute Gasteiger partial charge is 0.448 e. The number of oxazole rings is 1. The molecule has 2 aromatic rings. The average molecular weight is 630 g/mol. The van der Waals surface area contributed by atoms with Crippen LogP contribution in [0.3, 0.4) is 0 Å². The van der Waals surface area contributed by atoms with Crippen LogP contribution in [-0.4, -0.2) is 49.2 Å². The number of nitrogens with zero attached hydrogens (tertiary/aromatic N) is 1. The van der Waals surface area contributed by atoms with Gasteiger partial charge in [-0.1, -0.05) is 51.0 Å². The number of amides is 2. The van der Waals surface area contributed by atoms with Crippen LogP contribution in [0.4, 0.5) is 4.39 Å². The van der Waals surface area contributed by atoms with Gasteiger partial charge in [-0.2, -0.15) is 0 Å². The van der Waals surface area contributed by atoms with Crippen LogP contribution in [0.1, 0.15) is 111 Å². The molecule has 0 spiro atoms. The second kappa shape index (κ2) is 14.4. The Morgan fingerprint density at radius 2 is 1.86 bits per heavy atom. The number of aromatic nitrogens is 1. The Hall–Kier alpha value is -3.05. The quantitative estimate of drug-likeness (QED) is 0.216. The molecular weight excluding hydrogens is 585 g/mol. The monoisotopic (exact) mass is 629 g/mol. The number of nitrogens with one attached hydrogen (secondary N) is 2. The van der Waals surface area contributed by atoms with Crippen LogP contribution in [0.15, 0.2) is 35.0 Å². The first-order valence-electron chi connectivity index (χ1n) is 16.0. The molecule has 2 amide bonds. The molecule has 1 saturated carbocycles. The first-order valence-corrected chi connectivity index (χ1v) is 17.6. The number of rotatable bonds is 13. The SMILES string of the molecule is CC(C)S(=O)(=O)NC(=O)C=Cc1ccc(F)cc1CC1C2CCC(O2)C1c1nc(C(=O)NCCCCC2CCCCC2)co1. The van der Waals surface area contributed by atoms with E-state index in [1.807, 2.05) is 4.72 Å². The van der Waals surface area contributed by atoms with Crippen molar-refractivity contribution in [2.75, 3.05) is 6.54 Å². The van der Waals surface area contributed by atoms with E-state index in [1.54, 1.807) is 6.07 Å². The van der Waals surface area contributed by atoms with Gasteiger partial charge < -0.3 is 14.5 Å². The second-order valence-corrected chi connectivity index (χ2v) is 15.0. The van der Waals surface area contributed by atoms with Gasteiger partial charge in [-0.3, -0.25) is 9.59 Å². The summed E-state index contributed by atoms with van der Waals surface area (Å²) in [5.41, 5.74) is 1.50. The van der Waals surface area contributed by atoms with Crippen LogP contribution in [0.25, 0.3) is 6.08 Å². The van der Waals surface area contributed by atoms with E-state index in [2.05, 4.69) is 10.3 Å². The van der Waals surface area contributed by atoms with Gasteiger partial charge in [0.15, 0.2) is 5.69 Å². The van der Waals surface area contributed by atoms with Crippen molar-refractivity contribution in [3.63, 3.8) is 0 Å². The first-order chi connectivity index (χ1) is 21.1. The lowest BCUT2D eigenvalue weighted by atomic mass is 9.75. The summed E-state index contributed by atoms with van der Waals surface area (Å²) in [6, 6.07) is 4.29. The van der Waals surface area contributed by atoms with Crippen LogP contribution in [0, 0.1) is 17.7 Å². The number of unbranched alkanes of at least 4 members (excludes halogenated alkanes) is 1. The van der Waals surface area contributed by atoms with Gasteiger partial charge in [0.05, 0.1) is 23.4 Å². The number of fused-ring (bicyclic) bond motifs is 2. The fourth-order valence-corrected chi connectivity index (χ4v) is 7.46. The number of sulfonamides is 1. The molecule has 3 fully saturated rings. The molecule has 2 bridgehead atoms. The number of carbonyl (C=O) groups is 2. The molecule has 2 aliphatic heterocycles. The average Bonchev–Trinajstić information content (AvgIpc) is 3.74. The van der Waals surface area contributed by atoms with Gasteiger partial charge >= 0.3 is 0 Å². The Morgan fingerprint density at radius 1 is 1.09 bits per heavy atom. The van der Waals surface area contributed by atoms with Crippen molar-refractivity contribution in [2.45, 2.75) is 108 Å². The lowest BCUT2D eigenvalue weighted by Crippen LogP contribution is -2.34. The predicted octanol–water partition coefficient (Wildman–Crippen LogP) is 5.67. The molecule has 3 aliphatic rings. The molecule has 5 rings (SSSR count). The van der Waals surface area contributed by atoms with Crippen molar-refractivity contribution in [2.24, 2.45) is 11.8 Å². The van der Waals surface area contributed by atoms with E-state index in [0.717, 1.165) is 37.7 Å². The molecule has 44 heavy (non-hydrogen) atoms. The highest BCUT2D eigenvalue weighted by atomic mass is 32.2. The Morgan fingerprint density at radius 3 is 2.64 bits per heavy atom. The maximum absolute atomic E-state index is 14.4. The summed E-state index contributed by atoms with van der Waals surface area (Å²) in [6.45, 7) is 3.56. The molecular formula is C33H44FN3O6S. The third-order valence-corrected chi connectivity index (χ3v) is 11.1. The lowest BCUT2D eigenvalue weighted by Gasteiger charge is -2.26. The zero-order chi connectivity index (χ0) is 31.3. The van der Waals surface area contributed by atoms with Gasteiger partial charge in [-0.25, -0.2) is 22.5 Å². The molecule has 1 aliphatic carbocycles. The summed E-state index contributed by atoms with van der Waals surface area (Å²) in [6.07, 6.45) is 16.0. The van der Waals surface area contributed by atoms with Crippen LogP contribution < -0.4 is 10.0 Å². The Bertz CT molecular complexity index is 1450. The van der Waals surface area contributed by atoms with Crippen molar-refractivity contribution in [3.8, 4) is 0 Å². The van der Waals surface area contributed by atoms with Gasteiger partial charge in [-0.15, -0.1) is 0 Å². The number of halogens is 1. The summed E-state index contributed by atoms with van der Waals surface area (Å²) < 4.78 is 52.6. The van der Waals surface area contributed by atoms with E-state index >= 15 is 0 Å². The third-order valence-electron chi connectivity index (χ3n) is 9.35. The van der Waals surface area contributed by atoms with Gasteiger partial charge in [0.25, 0.3) is 11.8 Å². The highest BCUT2D eigenvalue weighted by Crippen LogP contribution is 2.50. The van der Waals surface area contributed by atoms with Crippen LogP contribution in [0.2, 0.25) is 0 Å². The number of hydrogen-bond acceptors (Lipinski definition) is 7. The number of carbonyl (C=O) groups excluding carboxylic acids is 2. The zero-order valence-electron chi connectivity index (χ0n) is 25.6. The minimum atomic E-state index is -3.77. The molecule has 0 radical (unpaired) electrons. The van der Waals surface area contributed by atoms with Gasteiger partial charge in [0.1, 0.15) is 12.1 Å². The number of hydrogen-bond donors (Lipinski definition) is 2. The van der Waals surface area contributed by atoms with Crippen molar-refractivity contribution < 1.29 is 31.6 Å². The van der Waals surface area contributed by atoms with Gasteiger partial charge in [-0.05, 0) is 74.8 Å². The Kier molecular flexibility index (Phi) is 10.6. The van der Waals surface area contributed by atoms with Crippen LogP contribution in [0.5, 0.6) is 0 Å². The molecule has 2 N–H and O–H groups in total. The van der Waals surface area contributed by atoms with Gasteiger partial charge in [0, 0.05) is 18.5 Å². The third kappa shape index (κ3) is 7.96. The summed E-state index contributed by atoms with van der Waals surface area (Å²) in [5.74, 6) is -0.451. The molecule has 9 nitrogen and oxygen atoms in total. The van der Waals surface area contributed by atoms with Gasteiger partial charge in [0.2, 0.25) is 15.9 Å². The number of ether oxygens (including phenoxy) is 1. The topological polar surface area (TPSA) is 128 Å². The molecule has 1 aromatic heterocycles. The highest BCUT2D eigenvalue weighted by Gasteiger charge is 2.51. The van der Waals surface area contributed by atoms with Crippen LogP contribution in [-0.2, 0) is 26.0 Å². The Labute approximate surface area is 259 Å². The molecule has 240 valence electrons. The molecule has 2 saturated heterocycles. The summed E-state index contributed by atoms with van der Waals surface area (Å²) in [7, 11) is -3.77. The van der Waals surface area contributed by atoms with Crippen molar-refractivity contribution >= 4 is 27.9 Å². The zero-order valence-corrected chi connectivity index (χ0v) is 26.4. The van der Waals surface area contributed by atoms with E-state index < -0.39 is 27.0 Å². The molecule has 4 unspecified atom stereocenters. The molecule has 11 heteroatoms. The maximum atomic E-state index is 14.4. The smallest absolute Gasteiger partial charge is 0.273 e. The summed E-state index contributed by atoms with van der Waals surface area (Å²) in [5, 5.41) is 2.21. The normalized spacial score (nSPS) is 23.9. The highest BCUT2D eigenvalue weighted by molar-refractivity contribution is 7.90. The summed E-state index contributed by atoms with van der Waals surface area (Å²) in [4.78, 5) is 29.7. The van der Waals surface area contributed by atoms with E-state index in [0.29, 0.717) is 30.0 Å². The maximum Gasteiger partial charge on any atom is 0.273 e. The van der Waals surface area contributed by atoms with E-state index in [9.17, 15) is 22.4 Å².